The molecule has 14 heavy (non-hydrogen) atoms. The molecule has 1 rings (SSSR count). The summed E-state index contributed by atoms with van der Waals surface area (Å²) in [4.78, 5) is 0. The first-order valence-electron chi connectivity index (χ1n) is 4.92. The van der Waals surface area contributed by atoms with Crippen LogP contribution < -0.4 is 0 Å². The molecule has 0 saturated carbocycles. The van der Waals surface area contributed by atoms with Gasteiger partial charge in [0.25, 0.3) is 0 Å². The van der Waals surface area contributed by atoms with Crippen molar-refractivity contribution in [3.63, 3.8) is 0 Å². The average molecular weight is 208 g/mol. The van der Waals surface area contributed by atoms with E-state index in [0.717, 1.165) is 0 Å². The van der Waals surface area contributed by atoms with Crippen LogP contribution in [0.25, 0.3) is 0 Å². The number of hydrogen-bond acceptors (Lipinski definition) is 3. The van der Waals surface area contributed by atoms with E-state index in [-0.39, 0.29) is 6.10 Å². The first-order chi connectivity index (χ1) is 6.22. The van der Waals surface area contributed by atoms with Gasteiger partial charge in [-0.2, -0.15) is 0 Å². The Balaban J connectivity index is 0.000000292. The molecule has 2 unspecified atom stereocenters. The Morgan fingerprint density at radius 1 is 1.36 bits per heavy atom. The van der Waals surface area contributed by atoms with E-state index in [0.29, 0.717) is 18.9 Å². The first-order valence-corrected chi connectivity index (χ1v) is 4.92. The third-order valence-electron chi connectivity index (χ3n) is 1.72. The second kappa shape index (κ2) is 5.63. The molecule has 0 aromatic heterocycles. The summed E-state index contributed by atoms with van der Waals surface area (Å²) in [7, 11) is 0. The van der Waals surface area contributed by atoms with E-state index >= 15 is 0 Å². The number of ether oxygens (including phenoxy) is 1. The Kier molecular flexibility index (Phi) is 5.56. The molecule has 0 radical (unpaired) electrons. The highest BCUT2D eigenvalue weighted by atomic mass is 19.1. The Bertz CT molecular complexity index is 148. The number of hydrogen-bond donors (Lipinski definition) is 2. The fraction of sp³-hybridized carbons (Fsp3) is 1.00. The van der Waals surface area contributed by atoms with Crippen LogP contribution in [0.5, 0.6) is 0 Å². The monoisotopic (exact) mass is 208 g/mol. The average Bonchev–Trinajstić information content (AvgIpc) is 2.30. The summed E-state index contributed by atoms with van der Waals surface area (Å²) in [6.45, 7) is 7.18. The lowest BCUT2D eigenvalue weighted by atomic mass is 10.0. The third-order valence-corrected chi connectivity index (χ3v) is 1.72. The molecule has 0 aromatic rings. The summed E-state index contributed by atoms with van der Waals surface area (Å²) in [5.41, 5.74) is 0. The molecule has 0 aromatic carbocycles. The first kappa shape index (κ1) is 13.8. The van der Waals surface area contributed by atoms with E-state index in [4.69, 9.17) is 14.9 Å². The molecule has 2 N–H and O–H groups in total. The van der Waals surface area contributed by atoms with Crippen LogP contribution in [0.2, 0.25) is 0 Å². The van der Waals surface area contributed by atoms with Crippen LogP contribution in [0.4, 0.5) is 4.39 Å². The van der Waals surface area contributed by atoms with Gasteiger partial charge >= 0.3 is 0 Å². The SMILES string of the molecule is CC(C)(O)O.CC(C)C1OCCC1F. The van der Waals surface area contributed by atoms with Gasteiger partial charge in [-0.1, -0.05) is 13.8 Å². The lowest BCUT2D eigenvalue weighted by Gasteiger charge is -2.15. The number of halogens is 1. The van der Waals surface area contributed by atoms with Gasteiger partial charge in [0.1, 0.15) is 6.17 Å². The van der Waals surface area contributed by atoms with Gasteiger partial charge in [0.05, 0.1) is 6.10 Å². The maximum absolute atomic E-state index is 12.7. The second-order valence-corrected chi connectivity index (χ2v) is 4.38. The summed E-state index contributed by atoms with van der Waals surface area (Å²) in [6.07, 6.45) is -0.266. The molecular weight excluding hydrogens is 187 g/mol. The van der Waals surface area contributed by atoms with Crippen molar-refractivity contribution >= 4 is 0 Å². The van der Waals surface area contributed by atoms with Gasteiger partial charge in [0.2, 0.25) is 0 Å². The third kappa shape index (κ3) is 7.24. The van der Waals surface area contributed by atoms with Crippen molar-refractivity contribution in [1.29, 1.82) is 0 Å². The fourth-order valence-electron chi connectivity index (χ4n) is 1.20. The minimum atomic E-state index is -1.50. The molecule has 2 atom stereocenters. The summed E-state index contributed by atoms with van der Waals surface area (Å²) < 4.78 is 17.9. The minimum absolute atomic E-state index is 0.134. The van der Waals surface area contributed by atoms with Crippen LogP contribution in [0.3, 0.4) is 0 Å². The molecule has 1 fully saturated rings. The predicted octanol–water partition coefficient (Wildman–Crippen LogP) is 1.48. The summed E-state index contributed by atoms with van der Waals surface area (Å²) in [6, 6.07) is 0. The quantitative estimate of drug-likeness (QED) is 0.642. The molecule has 0 bridgehead atoms. The maximum atomic E-state index is 12.7. The molecular formula is C10H21FO3. The van der Waals surface area contributed by atoms with Crippen molar-refractivity contribution in [1.82, 2.24) is 0 Å². The van der Waals surface area contributed by atoms with Crippen LogP contribution in [0.1, 0.15) is 34.1 Å². The lowest BCUT2D eigenvalue weighted by molar-refractivity contribution is -0.127. The molecule has 0 amide bonds. The van der Waals surface area contributed by atoms with Crippen LogP contribution in [-0.2, 0) is 4.74 Å². The van der Waals surface area contributed by atoms with Gasteiger partial charge in [-0.05, 0) is 19.8 Å². The Morgan fingerprint density at radius 2 is 1.79 bits per heavy atom. The van der Waals surface area contributed by atoms with Crippen molar-refractivity contribution in [2.24, 2.45) is 5.92 Å². The van der Waals surface area contributed by atoms with Crippen molar-refractivity contribution in [2.75, 3.05) is 6.61 Å². The standard InChI is InChI=1S/C7H13FO.C3H8O2/c1-5(2)7-6(8)3-4-9-7;1-3(2,4)5/h5-7H,3-4H2,1-2H3;4-5H,1-2H3. The van der Waals surface area contributed by atoms with Crippen molar-refractivity contribution < 1.29 is 19.3 Å². The molecule has 0 spiro atoms. The Labute approximate surface area is 84.9 Å². The molecule has 0 aliphatic carbocycles. The van der Waals surface area contributed by atoms with E-state index < -0.39 is 12.0 Å². The highest BCUT2D eigenvalue weighted by Gasteiger charge is 2.30. The highest BCUT2D eigenvalue weighted by molar-refractivity contribution is 4.77. The van der Waals surface area contributed by atoms with Crippen LogP contribution in [0, 0.1) is 5.92 Å². The molecule has 4 heteroatoms. The fourth-order valence-corrected chi connectivity index (χ4v) is 1.20. The Morgan fingerprint density at radius 3 is 1.93 bits per heavy atom. The smallest absolute Gasteiger partial charge is 0.156 e. The van der Waals surface area contributed by atoms with Gasteiger partial charge in [0, 0.05) is 13.0 Å². The topological polar surface area (TPSA) is 49.7 Å². The summed E-state index contributed by atoms with van der Waals surface area (Å²) >= 11 is 0. The zero-order valence-electron chi connectivity index (χ0n) is 9.33. The largest absolute Gasteiger partial charge is 0.375 e. The van der Waals surface area contributed by atoms with Gasteiger partial charge in [-0.25, -0.2) is 4.39 Å². The van der Waals surface area contributed by atoms with E-state index in [2.05, 4.69) is 0 Å². The second-order valence-electron chi connectivity index (χ2n) is 4.38. The zero-order valence-corrected chi connectivity index (χ0v) is 9.33. The van der Waals surface area contributed by atoms with E-state index in [9.17, 15) is 4.39 Å². The molecule has 1 aliphatic rings. The molecule has 1 heterocycles. The van der Waals surface area contributed by atoms with Crippen molar-refractivity contribution in [2.45, 2.75) is 52.2 Å². The normalized spacial score (nSPS) is 27.4. The van der Waals surface area contributed by atoms with Gasteiger partial charge in [-0.3, -0.25) is 0 Å². The van der Waals surface area contributed by atoms with Crippen LogP contribution in [-0.4, -0.2) is 34.9 Å². The van der Waals surface area contributed by atoms with Gasteiger partial charge in [0.15, 0.2) is 5.79 Å². The van der Waals surface area contributed by atoms with Crippen LogP contribution >= 0.6 is 0 Å². The van der Waals surface area contributed by atoms with Crippen molar-refractivity contribution in [3.8, 4) is 0 Å². The predicted molar refractivity (Wildman–Crippen MR) is 52.6 cm³/mol. The summed E-state index contributed by atoms with van der Waals surface area (Å²) in [5.74, 6) is -1.18. The van der Waals surface area contributed by atoms with Crippen LogP contribution in [0.15, 0.2) is 0 Å². The molecule has 1 saturated heterocycles. The van der Waals surface area contributed by atoms with E-state index in [1.807, 2.05) is 13.8 Å². The van der Waals surface area contributed by atoms with Gasteiger partial charge < -0.3 is 14.9 Å². The molecule has 1 aliphatic heterocycles. The minimum Gasteiger partial charge on any atom is -0.375 e. The summed E-state index contributed by atoms with van der Waals surface area (Å²) in [5, 5.41) is 16.2. The number of alkyl halides is 1. The highest BCUT2D eigenvalue weighted by Crippen LogP contribution is 2.22. The van der Waals surface area contributed by atoms with E-state index in [1.165, 1.54) is 13.8 Å². The lowest BCUT2D eigenvalue weighted by Crippen LogP contribution is -2.22. The molecule has 86 valence electrons. The molecule has 3 nitrogen and oxygen atoms in total. The Hall–Kier alpha value is -0.190. The number of aliphatic hydroxyl groups is 2. The maximum Gasteiger partial charge on any atom is 0.156 e. The zero-order chi connectivity index (χ0) is 11.4. The number of rotatable bonds is 1. The van der Waals surface area contributed by atoms with E-state index in [1.54, 1.807) is 0 Å². The van der Waals surface area contributed by atoms with Gasteiger partial charge in [-0.15, -0.1) is 0 Å². The van der Waals surface area contributed by atoms with Crippen molar-refractivity contribution in [3.05, 3.63) is 0 Å².